The Balaban J connectivity index is 1.54. The number of aromatic nitrogens is 3. The van der Waals surface area contributed by atoms with Gasteiger partial charge in [0.25, 0.3) is 0 Å². The lowest BCUT2D eigenvalue weighted by Crippen LogP contribution is -2.44. The third kappa shape index (κ3) is 9.24. The molecule has 0 bridgehead atoms. The molecule has 15 heteroatoms. The summed E-state index contributed by atoms with van der Waals surface area (Å²) in [5.41, 5.74) is -0.620. The minimum atomic E-state index is -1.05. The average molecular weight is 738 g/mol. The van der Waals surface area contributed by atoms with E-state index in [1.54, 1.807) is 65.4 Å². The third-order valence-electron chi connectivity index (χ3n) is 7.73. The van der Waals surface area contributed by atoms with Gasteiger partial charge in [0, 0.05) is 40.7 Å². The van der Waals surface area contributed by atoms with Crippen LogP contribution >= 0.6 is 23.2 Å². The number of anilines is 1. The first-order chi connectivity index (χ1) is 23.5. The van der Waals surface area contributed by atoms with E-state index < -0.39 is 35.3 Å². The van der Waals surface area contributed by atoms with Crippen LogP contribution in [0.5, 0.6) is 5.75 Å². The molecule has 272 valence electrons. The van der Waals surface area contributed by atoms with Gasteiger partial charge < -0.3 is 28.4 Å². The summed E-state index contributed by atoms with van der Waals surface area (Å²) in [6, 6.07) is 3.88. The number of nitrogens with zero attached hydrogens (tertiary/aromatic N) is 4. The molecule has 0 radical (unpaired) electrons. The molecule has 4 atom stereocenters. The number of rotatable bonds is 8. The van der Waals surface area contributed by atoms with E-state index in [1.807, 2.05) is 6.20 Å². The van der Waals surface area contributed by atoms with Crippen LogP contribution in [-0.4, -0.2) is 70.4 Å². The highest BCUT2D eigenvalue weighted by molar-refractivity contribution is 6.36. The van der Waals surface area contributed by atoms with Crippen LogP contribution in [0.15, 0.2) is 36.8 Å². The molecule has 0 saturated carbocycles. The van der Waals surface area contributed by atoms with Gasteiger partial charge in [0.05, 0.1) is 24.4 Å². The molecule has 2 aromatic heterocycles. The third-order valence-corrected chi connectivity index (χ3v) is 8.44. The quantitative estimate of drug-likeness (QED) is 0.208. The fourth-order valence-electron chi connectivity index (χ4n) is 5.46. The van der Waals surface area contributed by atoms with E-state index in [9.17, 15) is 14.0 Å². The van der Waals surface area contributed by atoms with Gasteiger partial charge in [-0.25, -0.2) is 19.0 Å². The van der Waals surface area contributed by atoms with Gasteiger partial charge in [0.15, 0.2) is 17.9 Å². The fourth-order valence-corrected chi connectivity index (χ4v) is 6.14. The Morgan fingerprint density at radius 1 is 1.02 bits per heavy atom. The van der Waals surface area contributed by atoms with E-state index in [4.69, 9.17) is 51.6 Å². The second-order valence-electron chi connectivity index (χ2n) is 14.1. The lowest BCUT2D eigenvalue weighted by molar-refractivity contribution is -0.192. The molecule has 0 aliphatic carbocycles. The number of carbonyl (C=O) groups is 2. The van der Waals surface area contributed by atoms with Crippen LogP contribution in [0.2, 0.25) is 10.0 Å². The zero-order valence-corrected chi connectivity index (χ0v) is 30.7. The summed E-state index contributed by atoms with van der Waals surface area (Å²) in [7, 11) is 0. The van der Waals surface area contributed by atoms with E-state index in [0.717, 1.165) is 25.3 Å². The molecule has 3 aromatic rings. The van der Waals surface area contributed by atoms with Crippen molar-refractivity contribution >= 4 is 41.2 Å². The summed E-state index contributed by atoms with van der Waals surface area (Å²) in [6.07, 6.45) is 4.19. The molecule has 3 unspecified atom stereocenters. The van der Waals surface area contributed by atoms with Gasteiger partial charge in [0.2, 0.25) is 0 Å². The molecule has 1 aromatic carbocycles. The fraction of sp³-hybridized carbons (Fsp3) is 0.543. The summed E-state index contributed by atoms with van der Waals surface area (Å²) >= 11 is 12.8. The first-order valence-corrected chi connectivity index (χ1v) is 17.2. The van der Waals surface area contributed by atoms with Gasteiger partial charge in [-0.05, 0) is 85.9 Å². The van der Waals surface area contributed by atoms with Crippen LogP contribution in [-0.2, 0) is 23.7 Å². The number of imide groups is 1. The van der Waals surface area contributed by atoms with Crippen molar-refractivity contribution in [2.45, 2.75) is 103 Å². The molecular weight excluding hydrogens is 694 g/mol. The molecule has 50 heavy (non-hydrogen) atoms. The highest BCUT2D eigenvalue weighted by Crippen LogP contribution is 2.40. The van der Waals surface area contributed by atoms with Crippen molar-refractivity contribution in [2.75, 3.05) is 24.7 Å². The topological polar surface area (TPSA) is 123 Å². The molecule has 5 rings (SSSR count). The van der Waals surface area contributed by atoms with Crippen LogP contribution in [0.1, 0.15) is 85.4 Å². The number of hydrogen-bond donors (Lipinski definition) is 0. The lowest BCUT2D eigenvalue weighted by atomic mass is 10.1. The summed E-state index contributed by atoms with van der Waals surface area (Å²) in [6.45, 7) is 13.0. The van der Waals surface area contributed by atoms with Crippen molar-refractivity contribution in [1.29, 1.82) is 0 Å². The Kier molecular flexibility index (Phi) is 11.6. The van der Waals surface area contributed by atoms with Gasteiger partial charge in [-0.2, -0.15) is 10.00 Å². The maximum absolute atomic E-state index is 14.5. The van der Waals surface area contributed by atoms with Crippen molar-refractivity contribution in [1.82, 2.24) is 14.8 Å². The monoisotopic (exact) mass is 736 g/mol. The summed E-state index contributed by atoms with van der Waals surface area (Å²) in [5.74, 6) is -0.973. The maximum Gasteiger partial charge on any atom is 0.425 e. The van der Waals surface area contributed by atoms with Crippen LogP contribution in [0, 0.1) is 5.82 Å². The van der Waals surface area contributed by atoms with Gasteiger partial charge in [0.1, 0.15) is 35.3 Å². The van der Waals surface area contributed by atoms with Crippen molar-refractivity contribution in [3.05, 3.63) is 58.2 Å². The zero-order valence-electron chi connectivity index (χ0n) is 29.2. The Morgan fingerprint density at radius 3 is 2.36 bits per heavy atom. The van der Waals surface area contributed by atoms with Crippen molar-refractivity contribution in [2.24, 2.45) is 0 Å². The first kappa shape index (κ1) is 37.8. The Labute approximate surface area is 301 Å². The molecule has 2 saturated heterocycles. The van der Waals surface area contributed by atoms with Crippen LogP contribution in [0.3, 0.4) is 0 Å². The van der Waals surface area contributed by atoms with Gasteiger partial charge >= 0.3 is 12.2 Å². The summed E-state index contributed by atoms with van der Waals surface area (Å²) in [4.78, 5) is 32.4. The van der Waals surface area contributed by atoms with Crippen molar-refractivity contribution in [3.63, 3.8) is 0 Å². The van der Waals surface area contributed by atoms with Crippen LogP contribution < -0.4 is 9.64 Å². The normalized spacial score (nSPS) is 20.3. The molecule has 2 aliphatic rings. The van der Waals surface area contributed by atoms with E-state index in [2.05, 4.69) is 10.1 Å². The molecule has 2 amide bonds. The molecule has 12 nitrogen and oxygen atoms in total. The number of carbonyl (C=O) groups excluding carboxylic acids is 2. The van der Waals surface area contributed by atoms with Crippen molar-refractivity contribution in [3.8, 4) is 16.9 Å². The SMILES string of the molecule is C[C@@H](Oc1cc(-c2cnn(C3COCC3OC3CCCCO3)c2)cnc1N(C(=O)OC(C)(C)C)C(=O)OC(C)(C)C)c1c(Cl)ccc(F)c1Cl. The number of hydrogen-bond acceptors (Lipinski definition) is 10. The number of pyridine rings is 1. The zero-order chi connectivity index (χ0) is 36.4. The Bertz CT molecular complexity index is 1660. The number of halogens is 3. The molecule has 2 fully saturated rings. The van der Waals surface area contributed by atoms with E-state index in [0.29, 0.717) is 35.8 Å². The van der Waals surface area contributed by atoms with Crippen molar-refractivity contribution < 1.29 is 42.4 Å². The predicted molar refractivity (Wildman–Crippen MR) is 184 cm³/mol. The highest BCUT2D eigenvalue weighted by atomic mass is 35.5. The molecule has 0 N–H and O–H groups in total. The lowest BCUT2D eigenvalue weighted by Gasteiger charge is -2.29. The molecule has 4 heterocycles. The second kappa shape index (κ2) is 15.4. The minimum absolute atomic E-state index is 0.0456. The van der Waals surface area contributed by atoms with Gasteiger partial charge in [-0.1, -0.05) is 23.2 Å². The highest BCUT2D eigenvalue weighted by Gasteiger charge is 2.37. The average Bonchev–Trinajstić information content (AvgIpc) is 3.69. The van der Waals surface area contributed by atoms with Gasteiger partial charge in [-0.3, -0.25) is 4.68 Å². The maximum atomic E-state index is 14.5. The molecule has 0 spiro atoms. The van der Waals surface area contributed by atoms with Crippen LogP contribution in [0.4, 0.5) is 19.8 Å². The molecular formula is C35H43Cl2FN4O8. The largest absolute Gasteiger partial charge is 0.482 e. The first-order valence-electron chi connectivity index (χ1n) is 16.5. The van der Waals surface area contributed by atoms with Gasteiger partial charge in [-0.15, -0.1) is 0 Å². The number of benzene rings is 1. The summed E-state index contributed by atoms with van der Waals surface area (Å²) < 4.78 is 51.6. The second-order valence-corrected chi connectivity index (χ2v) is 14.9. The van der Waals surface area contributed by atoms with E-state index in [1.165, 1.54) is 12.3 Å². The minimum Gasteiger partial charge on any atom is -0.482 e. The van der Waals surface area contributed by atoms with E-state index >= 15 is 0 Å². The smallest absolute Gasteiger partial charge is 0.425 e. The Morgan fingerprint density at radius 2 is 1.72 bits per heavy atom. The predicted octanol–water partition coefficient (Wildman–Crippen LogP) is 8.69. The number of ether oxygens (including phenoxy) is 6. The van der Waals surface area contributed by atoms with E-state index in [-0.39, 0.29) is 45.6 Å². The molecule has 2 aliphatic heterocycles. The number of amides is 2. The standard InChI is InChI=1S/C35H43Cl2FN4O8/c1-20(29-23(36)11-12-24(38)30(29)37)47-26-14-21(15-39-31(26)42(32(43)49-34(2,3)4)33(44)50-35(5,6)7)22-16-40-41(17-22)25-18-45-19-27(25)48-28-10-8-9-13-46-28/h11-12,14-17,20,25,27-28H,8-10,13,18-19H2,1-7H3/t20-,25?,27?,28?/m1/s1. The summed E-state index contributed by atoms with van der Waals surface area (Å²) in [5, 5.41) is 4.52. The van der Waals surface area contributed by atoms with Crippen LogP contribution in [0.25, 0.3) is 11.1 Å². The Hall–Kier alpha value is -3.49.